The molecule has 0 unspecified atom stereocenters. The van der Waals surface area contributed by atoms with Gasteiger partial charge < -0.3 is 24.2 Å². The zero-order valence-electron chi connectivity index (χ0n) is 18.1. The molecule has 0 spiro atoms. The van der Waals surface area contributed by atoms with Gasteiger partial charge in [-0.2, -0.15) is 0 Å². The number of benzene rings is 1. The number of methoxy groups -OCH3 is 2. The van der Waals surface area contributed by atoms with E-state index >= 15 is 0 Å². The van der Waals surface area contributed by atoms with E-state index < -0.39 is 17.7 Å². The van der Waals surface area contributed by atoms with Crippen LogP contribution in [0.1, 0.15) is 41.5 Å². The predicted molar refractivity (Wildman–Crippen MR) is 118 cm³/mol. The van der Waals surface area contributed by atoms with E-state index in [9.17, 15) is 14.7 Å². The van der Waals surface area contributed by atoms with E-state index in [0.717, 1.165) is 0 Å². The zero-order chi connectivity index (χ0) is 22.5. The van der Waals surface area contributed by atoms with Crippen molar-refractivity contribution in [2.24, 2.45) is 0 Å². The molecule has 166 valence electrons. The third-order valence-corrected chi connectivity index (χ3v) is 5.89. The molecule has 1 aromatic heterocycles. The number of aliphatic hydroxyl groups is 1. The summed E-state index contributed by atoms with van der Waals surface area (Å²) in [4.78, 5) is 28.2. The third-order valence-electron chi connectivity index (χ3n) is 5.02. The van der Waals surface area contributed by atoms with Gasteiger partial charge in [-0.3, -0.25) is 9.59 Å². The molecule has 0 aliphatic carbocycles. The van der Waals surface area contributed by atoms with Crippen LogP contribution in [0, 0.1) is 0 Å². The van der Waals surface area contributed by atoms with Crippen molar-refractivity contribution in [1.82, 2.24) is 4.90 Å². The monoisotopic (exact) mass is 445 g/mol. The van der Waals surface area contributed by atoms with Crippen LogP contribution in [0.5, 0.6) is 11.5 Å². The molecule has 0 saturated heterocycles. The van der Waals surface area contributed by atoms with Gasteiger partial charge in [-0.25, -0.2) is 0 Å². The van der Waals surface area contributed by atoms with Gasteiger partial charge in [-0.1, -0.05) is 6.07 Å². The molecule has 0 fully saturated rings. The lowest BCUT2D eigenvalue weighted by molar-refractivity contribution is -0.129. The van der Waals surface area contributed by atoms with Crippen molar-refractivity contribution in [2.75, 3.05) is 27.4 Å². The zero-order valence-corrected chi connectivity index (χ0v) is 18.9. The number of hydrogen-bond donors (Lipinski definition) is 1. The molecule has 31 heavy (non-hydrogen) atoms. The second-order valence-corrected chi connectivity index (χ2v) is 8.30. The molecule has 2 aromatic rings. The molecule has 1 aliphatic rings. The molecule has 1 atom stereocenters. The first-order valence-corrected chi connectivity index (χ1v) is 10.9. The molecule has 0 radical (unpaired) electrons. The lowest BCUT2D eigenvalue weighted by Gasteiger charge is -2.28. The standard InChI is InChI=1S/C23H27NO6S/c1-14(2)30-11-6-10-24-20(16-9-8-15(28-3)13-17(16)29-4)19(22(26)23(24)27)21(25)18-7-5-12-31-18/h5,7-9,12-14,20,26H,6,10-11H2,1-4H3/t20-/m1/s1. The van der Waals surface area contributed by atoms with Gasteiger partial charge in [0.2, 0.25) is 5.78 Å². The highest BCUT2D eigenvalue weighted by molar-refractivity contribution is 7.12. The first-order chi connectivity index (χ1) is 14.9. The van der Waals surface area contributed by atoms with Crippen LogP contribution in [0.3, 0.4) is 0 Å². The summed E-state index contributed by atoms with van der Waals surface area (Å²) in [6.07, 6.45) is 0.640. The van der Waals surface area contributed by atoms with E-state index in [-0.39, 0.29) is 17.5 Å². The largest absolute Gasteiger partial charge is 0.503 e. The van der Waals surface area contributed by atoms with Gasteiger partial charge in [0.05, 0.1) is 36.8 Å². The highest BCUT2D eigenvalue weighted by Crippen LogP contribution is 2.43. The Morgan fingerprint density at radius 3 is 2.61 bits per heavy atom. The summed E-state index contributed by atoms with van der Waals surface area (Å²) in [5.74, 6) is -0.420. The van der Waals surface area contributed by atoms with Crippen LogP contribution < -0.4 is 9.47 Å². The molecule has 8 heteroatoms. The minimum atomic E-state index is -0.776. The summed E-state index contributed by atoms with van der Waals surface area (Å²) in [6, 6.07) is 7.86. The number of thiophene rings is 1. The fourth-order valence-electron chi connectivity index (χ4n) is 3.58. The molecule has 2 heterocycles. The van der Waals surface area contributed by atoms with Gasteiger partial charge in [-0.05, 0) is 43.8 Å². The number of amides is 1. The molecule has 0 bridgehead atoms. The maximum absolute atomic E-state index is 13.3. The molecule has 1 N–H and O–H groups in total. The summed E-state index contributed by atoms with van der Waals surface area (Å²) in [5.41, 5.74) is 0.658. The topological polar surface area (TPSA) is 85.3 Å². The average molecular weight is 446 g/mol. The summed E-state index contributed by atoms with van der Waals surface area (Å²) in [6.45, 7) is 4.66. The number of carbonyl (C=O) groups is 2. The second-order valence-electron chi connectivity index (χ2n) is 7.35. The number of hydrogen-bond acceptors (Lipinski definition) is 7. The van der Waals surface area contributed by atoms with Crippen LogP contribution in [-0.4, -0.2) is 55.2 Å². The predicted octanol–water partition coefficient (Wildman–Crippen LogP) is 4.16. The Hall–Kier alpha value is -2.84. The van der Waals surface area contributed by atoms with Gasteiger partial charge >= 0.3 is 0 Å². The lowest BCUT2D eigenvalue weighted by atomic mass is 9.94. The summed E-state index contributed by atoms with van der Waals surface area (Å²) in [5, 5.41) is 12.5. The van der Waals surface area contributed by atoms with Gasteiger partial charge in [0.1, 0.15) is 11.5 Å². The van der Waals surface area contributed by atoms with Crippen molar-refractivity contribution in [3.05, 3.63) is 57.5 Å². The molecule has 1 aromatic carbocycles. The highest BCUT2D eigenvalue weighted by atomic mass is 32.1. The van der Waals surface area contributed by atoms with Crippen molar-refractivity contribution in [3.63, 3.8) is 0 Å². The number of carbonyl (C=O) groups excluding carboxylic acids is 2. The number of aliphatic hydroxyl groups excluding tert-OH is 1. The van der Waals surface area contributed by atoms with E-state index in [4.69, 9.17) is 14.2 Å². The molecule has 1 amide bonds. The van der Waals surface area contributed by atoms with E-state index in [2.05, 4.69) is 0 Å². The lowest BCUT2D eigenvalue weighted by Crippen LogP contribution is -2.33. The van der Waals surface area contributed by atoms with Gasteiger partial charge in [0.25, 0.3) is 5.91 Å². The fraction of sp³-hybridized carbons (Fsp3) is 0.391. The molecule has 0 saturated carbocycles. The first kappa shape index (κ1) is 22.8. The van der Waals surface area contributed by atoms with Crippen molar-refractivity contribution in [3.8, 4) is 11.5 Å². The summed E-state index contributed by atoms with van der Waals surface area (Å²) in [7, 11) is 3.06. The van der Waals surface area contributed by atoms with Crippen LogP contribution >= 0.6 is 11.3 Å². The normalized spacial score (nSPS) is 16.4. The van der Waals surface area contributed by atoms with Crippen molar-refractivity contribution in [2.45, 2.75) is 32.4 Å². The highest BCUT2D eigenvalue weighted by Gasteiger charge is 2.44. The molecule has 3 rings (SSSR count). The van der Waals surface area contributed by atoms with E-state index in [1.165, 1.54) is 23.3 Å². The number of ketones is 1. The van der Waals surface area contributed by atoms with E-state index in [1.807, 2.05) is 13.8 Å². The molecule has 1 aliphatic heterocycles. The van der Waals surface area contributed by atoms with Gasteiger partial charge in [-0.15, -0.1) is 11.3 Å². The van der Waals surface area contributed by atoms with Crippen LogP contribution in [0.4, 0.5) is 0 Å². The van der Waals surface area contributed by atoms with Crippen LogP contribution in [0.15, 0.2) is 47.0 Å². The Morgan fingerprint density at radius 2 is 2.00 bits per heavy atom. The third kappa shape index (κ3) is 4.75. The van der Waals surface area contributed by atoms with Crippen molar-refractivity contribution >= 4 is 23.0 Å². The van der Waals surface area contributed by atoms with Crippen LogP contribution in [0.2, 0.25) is 0 Å². The summed E-state index contributed by atoms with van der Waals surface area (Å²) < 4.78 is 16.4. The minimum Gasteiger partial charge on any atom is -0.503 e. The number of nitrogens with zero attached hydrogens (tertiary/aromatic N) is 1. The number of rotatable bonds is 10. The Morgan fingerprint density at radius 1 is 1.23 bits per heavy atom. The SMILES string of the molecule is COc1ccc([C@@H]2C(C(=O)c3cccs3)=C(O)C(=O)N2CCCOC(C)C)c(OC)c1. The second kappa shape index (κ2) is 9.98. The number of Topliss-reactive ketones (excluding diaryl/α,β-unsaturated/α-hetero) is 1. The van der Waals surface area contributed by atoms with E-state index in [0.29, 0.717) is 41.5 Å². The minimum absolute atomic E-state index is 0.0562. The Labute approximate surface area is 185 Å². The molecular weight excluding hydrogens is 418 g/mol. The van der Waals surface area contributed by atoms with Crippen molar-refractivity contribution in [1.29, 1.82) is 0 Å². The van der Waals surface area contributed by atoms with Gasteiger partial charge in [0.15, 0.2) is 5.76 Å². The Bertz CT molecular complexity index is 966. The quantitative estimate of drug-likeness (QED) is 0.437. The first-order valence-electron chi connectivity index (χ1n) is 10.0. The molecular formula is C23H27NO6S. The maximum atomic E-state index is 13.3. The van der Waals surface area contributed by atoms with Gasteiger partial charge in [0, 0.05) is 24.8 Å². The van der Waals surface area contributed by atoms with E-state index in [1.54, 1.807) is 42.8 Å². The maximum Gasteiger partial charge on any atom is 0.290 e. The fourth-order valence-corrected chi connectivity index (χ4v) is 4.26. The van der Waals surface area contributed by atoms with Crippen molar-refractivity contribution < 1.29 is 28.9 Å². The van der Waals surface area contributed by atoms with Crippen LogP contribution in [-0.2, 0) is 9.53 Å². The van der Waals surface area contributed by atoms with Crippen LogP contribution in [0.25, 0.3) is 0 Å². The average Bonchev–Trinajstić information content (AvgIpc) is 3.38. The Kier molecular flexibility index (Phi) is 7.35. The number of ether oxygens (including phenoxy) is 3. The molecule has 7 nitrogen and oxygen atoms in total. The smallest absolute Gasteiger partial charge is 0.290 e. The summed E-state index contributed by atoms with van der Waals surface area (Å²) >= 11 is 1.26. The Balaban J connectivity index is 2.02.